The van der Waals surface area contributed by atoms with Gasteiger partial charge in [0, 0.05) is 4.88 Å². The van der Waals surface area contributed by atoms with Crippen molar-refractivity contribution >= 4 is 23.2 Å². The zero-order valence-corrected chi connectivity index (χ0v) is 11.2. The van der Waals surface area contributed by atoms with E-state index in [2.05, 4.69) is 10.3 Å². The van der Waals surface area contributed by atoms with E-state index in [0.717, 1.165) is 0 Å². The average molecular weight is 298 g/mol. The number of aryl methyl sites for hydroxylation is 1. The Morgan fingerprint density at radius 1 is 1.60 bits per heavy atom. The predicted octanol–water partition coefficient (Wildman–Crippen LogP) is 1.86. The highest BCUT2D eigenvalue weighted by Gasteiger charge is 2.24. The van der Waals surface area contributed by atoms with Crippen molar-refractivity contribution < 1.29 is 23.5 Å². The largest absolute Gasteiger partial charge is 0.480 e. The number of alkyl halides is 1. The van der Waals surface area contributed by atoms with Crippen LogP contribution in [0.1, 0.15) is 15.4 Å². The molecule has 20 heavy (non-hydrogen) atoms. The van der Waals surface area contributed by atoms with Crippen molar-refractivity contribution in [2.75, 3.05) is 6.67 Å². The van der Waals surface area contributed by atoms with Crippen molar-refractivity contribution in [3.05, 3.63) is 29.0 Å². The molecule has 0 saturated carbocycles. The summed E-state index contributed by atoms with van der Waals surface area (Å²) in [6.07, 6.45) is 1.48. The molecule has 1 amide bonds. The van der Waals surface area contributed by atoms with Crippen molar-refractivity contribution in [1.29, 1.82) is 0 Å². The molecule has 0 aromatic carbocycles. The summed E-state index contributed by atoms with van der Waals surface area (Å²) in [6.45, 7) is 0.486. The first kappa shape index (κ1) is 14.2. The highest BCUT2D eigenvalue weighted by molar-refractivity contribution is 7.15. The normalized spacial score (nSPS) is 12.1. The number of amides is 1. The Morgan fingerprint density at radius 3 is 2.90 bits per heavy atom. The van der Waals surface area contributed by atoms with Gasteiger partial charge in [0.05, 0.1) is 6.26 Å². The minimum atomic E-state index is -1.57. The molecule has 2 aromatic rings. The van der Waals surface area contributed by atoms with Crippen LogP contribution in [0.4, 0.5) is 4.39 Å². The number of carboxylic acids is 1. The van der Waals surface area contributed by atoms with Crippen LogP contribution in [0.2, 0.25) is 0 Å². The van der Waals surface area contributed by atoms with Crippen molar-refractivity contribution in [2.24, 2.45) is 0 Å². The molecule has 1 atom stereocenters. The van der Waals surface area contributed by atoms with Crippen LogP contribution in [-0.4, -0.2) is 34.7 Å². The van der Waals surface area contributed by atoms with Gasteiger partial charge in [-0.2, -0.15) is 0 Å². The minimum absolute atomic E-state index is 0.0705. The molecule has 0 aliphatic carbocycles. The zero-order valence-electron chi connectivity index (χ0n) is 10.4. The summed E-state index contributed by atoms with van der Waals surface area (Å²) in [4.78, 5) is 27.3. The van der Waals surface area contributed by atoms with E-state index in [0.29, 0.717) is 15.6 Å². The fourth-order valence-electron chi connectivity index (χ4n) is 1.51. The molecule has 0 aliphatic rings. The molecule has 0 radical (unpaired) electrons. The lowest BCUT2D eigenvalue weighted by molar-refractivity contribution is -0.139. The van der Waals surface area contributed by atoms with Crippen LogP contribution in [0.25, 0.3) is 10.8 Å². The molecule has 2 rings (SSSR count). The molecule has 2 N–H and O–H groups in total. The fourth-order valence-corrected chi connectivity index (χ4v) is 2.38. The third-order valence-electron chi connectivity index (χ3n) is 2.50. The summed E-state index contributed by atoms with van der Waals surface area (Å²) in [6, 6.07) is 1.81. The first-order valence-corrected chi connectivity index (χ1v) is 6.45. The van der Waals surface area contributed by atoms with E-state index in [1.807, 2.05) is 0 Å². The number of hydrogen-bond acceptors (Lipinski definition) is 5. The van der Waals surface area contributed by atoms with Crippen LogP contribution in [0.3, 0.4) is 0 Å². The number of aromatic nitrogens is 1. The minimum Gasteiger partial charge on any atom is -0.480 e. The SMILES string of the molecule is Cc1sc(-c2ccco2)nc1C(=O)NC(CF)C(=O)O. The number of furan rings is 1. The molecule has 0 fully saturated rings. The van der Waals surface area contributed by atoms with Gasteiger partial charge in [-0.1, -0.05) is 0 Å². The Labute approximate surface area is 117 Å². The van der Waals surface area contributed by atoms with Gasteiger partial charge < -0.3 is 14.8 Å². The standard InChI is InChI=1S/C12H11FN2O4S/c1-6-9(10(16)14-7(5-13)12(17)18)15-11(20-6)8-3-2-4-19-8/h2-4,7H,5H2,1H3,(H,14,16)(H,17,18). The molecule has 0 spiro atoms. The number of rotatable bonds is 5. The topological polar surface area (TPSA) is 92.4 Å². The Hall–Kier alpha value is -2.22. The summed E-state index contributed by atoms with van der Waals surface area (Å²) >= 11 is 1.24. The van der Waals surface area contributed by atoms with Gasteiger partial charge in [-0.15, -0.1) is 11.3 Å². The van der Waals surface area contributed by atoms with Crippen LogP contribution in [-0.2, 0) is 4.79 Å². The van der Waals surface area contributed by atoms with Crippen LogP contribution < -0.4 is 5.32 Å². The Balaban J connectivity index is 2.21. The van der Waals surface area contributed by atoms with E-state index in [1.54, 1.807) is 19.1 Å². The summed E-state index contributed by atoms with van der Waals surface area (Å²) in [5.74, 6) is -1.64. The number of carbonyl (C=O) groups excluding carboxylic acids is 1. The van der Waals surface area contributed by atoms with Gasteiger partial charge in [-0.05, 0) is 19.1 Å². The van der Waals surface area contributed by atoms with Crippen LogP contribution in [0, 0.1) is 6.92 Å². The molecule has 0 bridgehead atoms. The second kappa shape index (κ2) is 5.83. The summed E-state index contributed by atoms with van der Waals surface area (Å²) in [7, 11) is 0. The van der Waals surface area contributed by atoms with E-state index >= 15 is 0 Å². The lowest BCUT2D eigenvalue weighted by atomic mass is 10.3. The molecular weight excluding hydrogens is 287 g/mol. The molecule has 8 heteroatoms. The van der Waals surface area contributed by atoms with Gasteiger partial charge in [0.25, 0.3) is 5.91 Å². The van der Waals surface area contributed by atoms with Crippen molar-refractivity contribution in [1.82, 2.24) is 10.3 Å². The predicted molar refractivity (Wildman–Crippen MR) is 69.4 cm³/mol. The summed E-state index contributed by atoms with van der Waals surface area (Å²) in [5, 5.41) is 11.3. The van der Waals surface area contributed by atoms with Gasteiger partial charge in [0.2, 0.25) is 0 Å². The Morgan fingerprint density at radius 2 is 2.35 bits per heavy atom. The highest BCUT2D eigenvalue weighted by atomic mass is 32.1. The van der Waals surface area contributed by atoms with Crippen molar-refractivity contribution in [3.63, 3.8) is 0 Å². The number of thiazole rings is 1. The highest BCUT2D eigenvalue weighted by Crippen LogP contribution is 2.27. The number of hydrogen-bond donors (Lipinski definition) is 2. The second-order valence-electron chi connectivity index (χ2n) is 3.92. The van der Waals surface area contributed by atoms with E-state index in [1.165, 1.54) is 17.6 Å². The van der Waals surface area contributed by atoms with Gasteiger partial charge in [0.1, 0.15) is 12.4 Å². The number of nitrogens with zero attached hydrogens (tertiary/aromatic N) is 1. The quantitative estimate of drug-likeness (QED) is 0.879. The molecule has 106 valence electrons. The second-order valence-corrected chi connectivity index (χ2v) is 5.12. The van der Waals surface area contributed by atoms with Gasteiger partial charge in [-0.3, -0.25) is 4.79 Å². The molecule has 0 aliphatic heterocycles. The Kier molecular flexibility index (Phi) is 4.14. The van der Waals surface area contributed by atoms with Crippen molar-refractivity contribution in [2.45, 2.75) is 13.0 Å². The molecule has 2 heterocycles. The maximum Gasteiger partial charge on any atom is 0.328 e. The molecule has 1 unspecified atom stereocenters. The smallest absolute Gasteiger partial charge is 0.328 e. The molecule has 0 saturated heterocycles. The monoisotopic (exact) mass is 298 g/mol. The zero-order chi connectivity index (χ0) is 14.7. The molecule has 2 aromatic heterocycles. The maximum atomic E-state index is 12.5. The average Bonchev–Trinajstić information content (AvgIpc) is 3.03. The van der Waals surface area contributed by atoms with E-state index in [9.17, 15) is 14.0 Å². The van der Waals surface area contributed by atoms with Crippen LogP contribution in [0.5, 0.6) is 0 Å². The summed E-state index contributed by atoms with van der Waals surface area (Å²) < 4.78 is 17.7. The maximum absolute atomic E-state index is 12.5. The lowest BCUT2D eigenvalue weighted by Gasteiger charge is -2.09. The molecule has 6 nitrogen and oxygen atoms in total. The van der Waals surface area contributed by atoms with Crippen LogP contribution in [0.15, 0.2) is 22.8 Å². The summed E-state index contributed by atoms with van der Waals surface area (Å²) in [5.41, 5.74) is 0.0705. The van der Waals surface area contributed by atoms with Gasteiger partial charge in [0.15, 0.2) is 16.8 Å². The van der Waals surface area contributed by atoms with Gasteiger partial charge >= 0.3 is 5.97 Å². The van der Waals surface area contributed by atoms with Gasteiger partial charge in [-0.25, -0.2) is 14.2 Å². The lowest BCUT2D eigenvalue weighted by Crippen LogP contribution is -2.42. The van der Waals surface area contributed by atoms with Crippen molar-refractivity contribution in [3.8, 4) is 10.8 Å². The van der Waals surface area contributed by atoms with Crippen LogP contribution >= 0.6 is 11.3 Å². The first-order valence-electron chi connectivity index (χ1n) is 5.64. The molecular formula is C12H11FN2O4S. The van der Waals surface area contributed by atoms with E-state index < -0.39 is 24.6 Å². The number of nitrogens with one attached hydrogen (secondary N) is 1. The number of halogens is 1. The number of aliphatic carboxylic acids is 1. The third kappa shape index (κ3) is 2.85. The van der Waals surface area contributed by atoms with E-state index in [4.69, 9.17) is 9.52 Å². The third-order valence-corrected chi connectivity index (χ3v) is 3.49. The Bertz CT molecular complexity index is 623. The fraction of sp³-hybridized carbons (Fsp3) is 0.250. The number of carbonyl (C=O) groups is 2. The first-order chi connectivity index (χ1) is 9.52. The number of carboxylic acid groups (broad SMARTS) is 1. The van der Waals surface area contributed by atoms with E-state index in [-0.39, 0.29) is 5.69 Å².